The molecule has 7 nitrogen and oxygen atoms in total. The minimum Gasteiger partial charge on any atom is -0.380 e. The van der Waals surface area contributed by atoms with Crippen LogP contribution in [-0.2, 0) is 4.74 Å². The fourth-order valence-electron chi connectivity index (χ4n) is 3.54. The highest BCUT2D eigenvalue weighted by atomic mass is 79.9. The number of nitrogens with zero attached hydrogens (tertiary/aromatic N) is 4. The van der Waals surface area contributed by atoms with E-state index in [0.29, 0.717) is 17.0 Å². The van der Waals surface area contributed by atoms with Crippen LogP contribution in [0.4, 0.5) is 5.95 Å². The Balaban J connectivity index is 1.53. The molecule has 5 rings (SSSR count). The van der Waals surface area contributed by atoms with Crippen LogP contribution in [-0.4, -0.2) is 46.1 Å². The first-order valence-electron chi connectivity index (χ1n) is 8.12. The first-order chi connectivity index (χ1) is 12.0. The summed E-state index contributed by atoms with van der Waals surface area (Å²) in [6, 6.07) is 5.94. The summed E-state index contributed by atoms with van der Waals surface area (Å²) in [7, 11) is 0. The van der Waals surface area contributed by atoms with Gasteiger partial charge in [0.25, 0.3) is 5.56 Å². The van der Waals surface area contributed by atoms with Crippen molar-refractivity contribution in [3.8, 4) is 5.69 Å². The number of hydrogen-bond acceptors (Lipinski definition) is 5. The molecule has 0 aliphatic carbocycles. The Hall–Kier alpha value is -2.19. The van der Waals surface area contributed by atoms with Crippen LogP contribution in [0.15, 0.2) is 33.7 Å². The number of anilines is 1. The first-order valence-corrected chi connectivity index (χ1v) is 8.91. The van der Waals surface area contributed by atoms with E-state index in [2.05, 4.69) is 35.9 Å². The Labute approximate surface area is 151 Å². The van der Waals surface area contributed by atoms with E-state index in [4.69, 9.17) is 4.74 Å². The van der Waals surface area contributed by atoms with Gasteiger partial charge in [0.15, 0.2) is 5.65 Å². The zero-order chi connectivity index (χ0) is 17.2. The molecule has 25 heavy (non-hydrogen) atoms. The van der Waals surface area contributed by atoms with E-state index in [9.17, 15) is 4.79 Å². The molecule has 128 valence electrons. The minimum absolute atomic E-state index is 0.160. The molecule has 1 N–H and O–H groups in total. The number of rotatable bonds is 2. The van der Waals surface area contributed by atoms with Crippen LogP contribution >= 0.6 is 15.9 Å². The van der Waals surface area contributed by atoms with E-state index in [1.165, 1.54) is 0 Å². The van der Waals surface area contributed by atoms with Crippen molar-refractivity contribution >= 4 is 32.9 Å². The topological polar surface area (TPSA) is 76.0 Å². The van der Waals surface area contributed by atoms with Crippen molar-refractivity contribution < 1.29 is 4.74 Å². The van der Waals surface area contributed by atoms with Crippen LogP contribution in [0.1, 0.15) is 5.56 Å². The average Bonchev–Trinajstić information content (AvgIpc) is 2.88. The quantitative estimate of drug-likeness (QED) is 0.710. The predicted octanol–water partition coefficient (Wildman–Crippen LogP) is 2.02. The molecule has 2 fully saturated rings. The lowest BCUT2D eigenvalue weighted by atomic mass is 9.78. The fraction of sp³-hybridized carbons (Fsp3) is 0.353. The largest absolute Gasteiger partial charge is 0.380 e. The highest BCUT2D eigenvalue weighted by Gasteiger charge is 2.49. The lowest BCUT2D eigenvalue weighted by molar-refractivity contribution is -0.127. The second kappa shape index (κ2) is 5.15. The third-order valence-corrected chi connectivity index (χ3v) is 5.44. The number of hydrogen-bond donors (Lipinski definition) is 1. The van der Waals surface area contributed by atoms with E-state index in [1.807, 2.05) is 25.1 Å². The second-order valence-electron chi connectivity index (χ2n) is 6.98. The maximum absolute atomic E-state index is 12.5. The number of aromatic amines is 1. The number of ether oxygens (including phenoxy) is 1. The van der Waals surface area contributed by atoms with Gasteiger partial charge in [-0.1, -0.05) is 15.9 Å². The molecule has 0 atom stereocenters. The Morgan fingerprint density at radius 1 is 1.32 bits per heavy atom. The van der Waals surface area contributed by atoms with Crippen molar-refractivity contribution in [1.29, 1.82) is 0 Å². The van der Waals surface area contributed by atoms with Crippen molar-refractivity contribution in [1.82, 2.24) is 19.7 Å². The molecule has 8 heteroatoms. The Morgan fingerprint density at radius 3 is 2.80 bits per heavy atom. The normalized spacial score (nSPS) is 18.4. The van der Waals surface area contributed by atoms with E-state index < -0.39 is 0 Å². The first kappa shape index (κ1) is 15.1. The number of benzene rings is 1. The number of aryl methyl sites for hydroxylation is 1. The highest BCUT2D eigenvalue weighted by Crippen LogP contribution is 2.38. The van der Waals surface area contributed by atoms with Crippen molar-refractivity contribution in [2.75, 3.05) is 31.2 Å². The minimum atomic E-state index is -0.160. The Kier molecular flexibility index (Phi) is 3.11. The van der Waals surface area contributed by atoms with Gasteiger partial charge in [-0.25, -0.2) is 4.68 Å². The summed E-state index contributed by atoms with van der Waals surface area (Å²) in [5.41, 5.74) is 2.56. The number of H-pyrrole nitrogens is 1. The van der Waals surface area contributed by atoms with E-state index in [1.54, 1.807) is 10.9 Å². The van der Waals surface area contributed by atoms with Gasteiger partial charge >= 0.3 is 0 Å². The summed E-state index contributed by atoms with van der Waals surface area (Å²) in [6.07, 6.45) is 1.73. The highest BCUT2D eigenvalue weighted by molar-refractivity contribution is 9.10. The molecule has 1 spiro atoms. The third kappa shape index (κ3) is 2.31. The standard InChI is InChI=1S/C17H16BrN5O2/c1-10-4-11(18)2-3-13(10)23-5-12-14(21-23)19-16(20-15(12)24)22-6-17(7-22)8-25-9-17/h2-5H,6-9H2,1H3,(H,19,20,21,24). The molecule has 0 bridgehead atoms. The summed E-state index contributed by atoms with van der Waals surface area (Å²) < 4.78 is 8.02. The summed E-state index contributed by atoms with van der Waals surface area (Å²) in [5.74, 6) is 0.591. The molecular formula is C17H16BrN5O2. The van der Waals surface area contributed by atoms with Gasteiger partial charge < -0.3 is 9.64 Å². The van der Waals surface area contributed by atoms with Crippen LogP contribution in [0.2, 0.25) is 0 Å². The maximum Gasteiger partial charge on any atom is 0.263 e. The van der Waals surface area contributed by atoms with Gasteiger partial charge in [0.2, 0.25) is 5.95 Å². The molecule has 2 aliphatic heterocycles. The molecule has 2 aromatic heterocycles. The number of halogens is 1. The zero-order valence-electron chi connectivity index (χ0n) is 13.6. The summed E-state index contributed by atoms with van der Waals surface area (Å²) in [5, 5.41) is 5.02. The summed E-state index contributed by atoms with van der Waals surface area (Å²) in [4.78, 5) is 22.0. The van der Waals surface area contributed by atoms with Crippen molar-refractivity contribution in [3.63, 3.8) is 0 Å². The molecule has 0 unspecified atom stereocenters. The molecule has 3 aromatic rings. The van der Waals surface area contributed by atoms with Crippen LogP contribution in [0.3, 0.4) is 0 Å². The second-order valence-corrected chi connectivity index (χ2v) is 7.90. The third-order valence-electron chi connectivity index (χ3n) is 4.95. The van der Waals surface area contributed by atoms with Gasteiger partial charge in [-0.3, -0.25) is 9.78 Å². The number of aromatic nitrogens is 4. The molecule has 0 amide bonds. The Bertz CT molecular complexity index is 1040. The summed E-state index contributed by atoms with van der Waals surface area (Å²) >= 11 is 3.46. The SMILES string of the molecule is Cc1cc(Br)ccc1-n1cc2c(=O)[nH]c(N3CC4(COC4)C3)nc2n1. The molecule has 1 aromatic carbocycles. The molecule has 4 heterocycles. The number of nitrogens with one attached hydrogen (secondary N) is 1. The Morgan fingerprint density at radius 2 is 2.12 bits per heavy atom. The fourth-order valence-corrected chi connectivity index (χ4v) is 4.02. The van der Waals surface area contributed by atoms with Crippen molar-refractivity contribution in [3.05, 3.63) is 44.8 Å². The summed E-state index contributed by atoms with van der Waals surface area (Å²) in [6.45, 7) is 5.35. The van der Waals surface area contributed by atoms with E-state index in [-0.39, 0.29) is 11.0 Å². The average molecular weight is 402 g/mol. The van der Waals surface area contributed by atoms with Crippen LogP contribution in [0.5, 0.6) is 0 Å². The monoisotopic (exact) mass is 401 g/mol. The van der Waals surface area contributed by atoms with E-state index in [0.717, 1.165) is 42.0 Å². The van der Waals surface area contributed by atoms with E-state index >= 15 is 0 Å². The van der Waals surface area contributed by atoms with Gasteiger partial charge in [-0.2, -0.15) is 4.98 Å². The van der Waals surface area contributed by atoms with Gasteiger partial charge in [-0.15, -0.1) is 5.10 Å². The lowest BCUT2D eigenvalue weighted by Crippen LogP contribution is -2.66. The molecule has 0 saturated carbocycles. The van der Waals surface area contributed by atoms with Gasteiger partial charge in [-0.05, 0) is 30.7 Å². The lowest BCUT2D eigenvalue weighted by Gasteiger charge is -2.55. The smallest absolute Gasteiger partial charge is 0.263 e. The van der Waals surface area contributed by atoms with Gasteiger partial charge in [0.1, 0.15) is 5.39 Å². The van der Waals surface area contributed by atoms with Crippen LogP contribution in [0.25, 0.3) is 16.7 Å². The maximum atomic E-state index is 12.5. The van der Waals surface area contributed by atoms with Crippen LogP contribution < -0.4 is 10.5 Å². The van der Waals surface area contributed by atoms with Crippen molar-refractivity contribution in [2.24, 2.45) is 5.41 Å². The van der Waals surface area contributed by atoms with Crippen LogP contribution in [0, 0.1) is 12.3 Å². The molecule has 2 saturated heterocycles. The number of fused-ring (bicyclic) bond motifs is 1. The predicted molar refractivity (Wildman–Crippen MR) is 97.4 cm³/mol. The molecular weight excluding hydrogens is 386 g/mol. The van der Waals surface area contributed by atoms with Crippen molar-refractivity contribution in [2.45, 2.75) is 6.92 Å². The van der Waals surface area contributed by atoms with Gasteiger partial charge in [0, 0.05) is 23.8 Å². The van der Waals surface area contributed by atoms with Gasteiger partial charge in [0.05, 0.1) is 24.3 Å². The molecule has 0 radical (unpaired) electrons. The zero-order valence-corrected chi connectivity index (χ0v) is 15.2. The molecule has 2 aliphatic rings.